The highest BCUT2D eigenvalue weighted by Gasteiger charge is 2.48. The Kier molecular flexibility index (Phi) is 5.70. The summed E-state index contributed by atoms with van der Waals surface area (Å²) in [7, 11) is 0. The fourth-order valence-electron chi connectivity index (χ4n) is 4.50. The number of carbonyl (C=O) groups excluding carboxylic acids is 2. The van der Waals surface area contributed by atoms with E-state index >= 15 is 0 Å². The first-order valence-corrected chi connectivity index (χ1v) is 10.5. The van der Waals surface area contributed by atoms with Crippen molar-refractivity contribution in [2.75, 3.05) is 31.6 Å². The molecule has 1 amide bonds. The molecule has 4 rings (SSSR count). The molecule has 0 atom stereocenters. The zero-order valence-electron chi connectivity index (χ0n) is 17.9. The molecule has 1 N–H and O–H groups in total. The first-order valence-electron chi connectivity index (χ1n) is 10.5. The summed E-state index contributed by atoms with van der Waals surface area (Å²) in [6, 6.07) is 6.81. The van der Waals surface area contributed by atoms with Crippen molar-refractivity contribution in [3.63, 3.8) is 0 Å². The van der Waals surface area contributed by atoms with Gasteiger partial charge in [-0.2, -0.15) is 13.2 Å². The van der Waals surface area contributed by atoms with Gasteiger partial charge in [-0.15, -0.1) is 0 Å². The van der Waals surface area contributed by atoms with Crippen molar-refractivity contribution >= 4 is 17.4 Å². The Balaban J connectivity index is 1.36. The SMILES string of the molecule is CC(=O)c1ncc(OCCN2CCC3(CC2)C(=O)Nc2ccc(C)cc23)cc1C(F)(F)F. The number of ether oxygens (including phenoxy) is 1. The molecule has 1 spiro atoms. The number of Topliss-reactive ketones (excluding diaryl/α,β-unsaturated/α-hetero) is 1. The lowest BCUT2D eigenvalue weighted by Gasteiger charge is -2.38. The number of alkyl halides is 3. The highest BCUT2D eigenvalue weighted by atomic mass is 19.4. The van der Waals surface area contributed by atoms with Crippen LogP contribution in [0.5, 0.6) is 5.75 Å². The van der Waals surface area contributed by atoms with Crippen LogP contribution in [0.15, 0.2) is 30.5 Å². The third-order valence-electron chi connectivity index (χ3n) is 6.26. The first-order chi connectivity index (χ1) is 15.1. The van der Waals surface area contributed by atoms with Crippen molar-refractivity contribution in [1.29, 1.82) is 0 Å². The Labute approximate surface area is 183 Å². The molecule has 0 bridgehead atoms. The van der Waals surface area contributed by atoms with E-state index in [2.05, 4.69) is 21.3 Å². The van der Waals surface area contributed by atoms with Crippen LogP contribution in [0.3, 0.4) is 0 Å². The lowest BCUT2D eigenvalue weighted by atomic mass is 9.73. The van der Waals surface area contributed by atoms with Gasteiger partial charge in [0.25, 0.3) is 0 Å². The predicted octanol–water partition coefficient (Wildman–Crippen LogP) is 3.98. The fraction of sp³-hybridized carbons (Fsp3) is 0.435. The minimum atomic E-state index is -4.69. The van der Waals surface area contributed by atoms with Crippen LogP contribution < -0.4 is 10.1 Å². The number of rotatable bonds is 5. The Bertz CT molecular complexity index is 1060. The van der Waals surface area contributed by atoms with Crippen molar-refractivity contribution in [2.24, 2.45) is 0 Å². The molecule has 2 aliphatic rings. The number of nitrogens with zero attached hydrogens (tertiary/aromatic N) is 2. The van der Waals surface area contributed by atoms with Crippen molar-refractivity contribution in [2.45, 2.75) is 38.3 Å². The Morgan fingerprint density at radius 1 is 1.25 bits per heavy atom. The van der Waals surface area contributed by atoms with Crippen molar-refractivity contribution in [3.8, 4) is 5.75 Å². The summed E-state index contributed by atoms with van der Waals surface area (Å²) in [5, 5.41) is 2.99. The molecule has 1 saturated heterocycles. The molecule has 0 saturated carbocycles. The second-order valence-electron chi connectivity index (χ2n) is 8.40. The van der Waals surface area contributed by atoms with E-state index in [-0.39, 0.29) is 18.3 Å². The highest BCUT2D eigenvalue weighted by molar-refractivity contribution is 6.06. The van der Waals surface area contributed by atoms with Gasteiger partial charge in [-0.05, 0) is 50.6 Å². The number of fused-ring (bicyclic) bond motifs is 2. The van der Waals surface area contributed by atoms with Crippen LogP contribution in [-0.4, -0.2) is 47.8 Å². The molecular formula is C23H24F3N3O3. The van der Waals surface area contributed by atoms with Gasteiger partial charge in [0.15, 0.2) is 5.78 Å². The monoisotopic (exact) mass is 447 g/mol. The van der Waals surface area contributed by atoms with Gasteiger partial charge in [0.05, 0.1) is 17.2 Å². The van der Waals surface area contributed by atoms with Gasteiger partial charge in [-0.3, -0.25) is 14.5 Å². The van der Waals surface area contributed by atoms with E-state index in [9.17, 15) is 22.8 Å². The van der Waals surface area contributed by atoms with E-state index < -0.39 is 28.6 Å². The molecule has 1 aromatic heterocycles. The molecule has 0 unspecified atom stereocenters. The Morgan fingerprint density at radius 3 is 2.62 bits per heavy atom. The number of ketones is 1. The maximum atomic E-state index is 13.2. The van der Waals surface area contributed by atoms with Crippen LogP contribution in [0.1, 0.15) is 46.9 Å². The standard InChI is InChI=1S/C23H24F3N3O3/c1-14-3-4-19-17(11-14)22(21(31)28-19)5-7-29(8-6-22)9-10-32-16-12-18(23(24,25)26)20(15(2)30)27-13-16/h3-4,11-13H,5-10H2,1-2H3,(H,28,31). The van der Waals surface area contributed by atoms with Gasteiger partial charge in [-0.25, -0.2) is 4.98 Å². The summed E-state index contributed by atoms with van der Waals surface area (Å²) >= 11 is 0. The number of amides is 1. The molecule has 6 nitrogen and oxygen atoms in total. The lowest BCUT2D eigenvalue weighted by Crippen LogP contribution is -2.47. The van der Waals surface area contributed by atoms with Crippen molar-refractivity contribution in [1.82, 2.24) is 9.88 Å². The topological polar surface area (TPSA) is 71.5 Å². The van der Waals surface area contributed by atoms with E-state index in [1.807, 2.05) is 19.1 Å². The highest BCUT2D eigenvalue weighted by Crippen LogP contribution is 2.45. The second-order valence-corrected chi connectivity index (χ2v) is 8.40. The molecular weight excluding hydrogens is 423 g/mol. The van der Waals surface area contributed by atoms with Gasteiger partial charge in [0.1, 0.15) is 18.1 Å². The maximum Gasteiger partial charge on any atom is 0.418 e. The minimum absolute atomic E-state index is 0.0321. The van der Waals surface area contributed by atoms with Gasteiger partial charge in [-0.1, -0.05) is 17.7 Å². The normalized spacial score (nSPS) is 17.8. The summed E-state index contributed by atoms with van der Waals surface area (Å²) in [5.74, 6) is -0.750. The van der Waals surface area contributed by atoms with E-state index in [1.54, 1.807) is 0 Å². The number of aromatic nitrogens is 1. The average Bonchev–Trinajstić information content (AvgIpc) is 2.99. The molecule has 1 fully saturated rings. The van der Waals surface area contributed by atoms with Crippen LogP contribution in [0.2, 0.25) is 0 Å². The molecule has 2 aromatic rings. The number of pyridine rings is 1. The number of hydrogen-bond donors (Lipinski definition) is 1. The zero-order valence-corrected chi connectivity index (χ0v) is 17.9. The smallest absolute Gasteiger partial charge is 0.418 e. The first kappa shape index (κ1) is 22.3. The largest absolute Gasteiger partial charge is 0.491 e. The summed E-state index contributed by atoms with van der Waals surface area (Å²) in [6.45, 7) is 5.09. The number of piperidine rings is 1. The van der Waals surface area contributed by atoms with E-state index in [4.69, 9.17) is 4.74 Å². The number of nitrogens with one attached hydrogen (secondary N) is 1. The Morgan fingerprint density at radius 2 is 1.97 bits per heavy atom. The molecule has 0 aliphatic carbocycles. The lowest BCUT2D eigenvalue weighted by molar-refractivity contribution is -0.138. The zero-order chi connectivity index (χ0) is 23.1. The van der Waals surface area contributed by atoms with Gasteiger partial charge >= 0.3 is 6.18 Å². The predicted molar refractivity (Wildman–Crippen MR) is 112 cm³/mol. The van der Waals surface area contributed by atoms with Crippen molar-refractivity contribution < 1.29 is 27.5 Å². The summed E-state index contributed by atoms with van der Waals surface area (Å²) < 4.78 is 45.2. The number of likely N-dealkylation sites (tertiary alicyclic amines) is 1. The summed E-state index contributed by atoms with van der Waals surface area (Å²) in [6.07, 6.45) is -2.21. The van der Waals surface area contributed by atoms with Crippen LogP contribution in [0.25, 0.3) is 0 Å². The van der Waals surface area contributed by atoms with Crippen LogP contribution in [0, 0.1) is 6.92 Å². The quantitative estimate of drug-likeness (QED) is 0.703. The third-order valence-corrected chi connectivity index (χ3v) is 6.26. The Hall–Kier alpha value is -2.94. The van der Waals surface area contributed by atoms with Crippen LogP contribution in [-0.2, 0) is 16.4 Å². The number of anilines is 1. The molecule has 170 valence electrons. The molecule has 0 radical (unpaired) electrons. The number of halogens is 3. The summed E-state index contributed by atoms with van der Waals surface area (Å²) in [4.78, 5) is 29.9. The molecule has 3 heterocycles. The maximum absolute atomic E-state index is 13.2. The number of aryl methyl sites for hydroxylation is 1. The van der Waals surface area contributed by atoms with E-state index in [0.29, 0.717) is 32.5 Å². The average molecular weight is 447 g/mol. The number of benzene rings is 1. The molecule has 2 aliphatic heterocycles. The van der Waals surface area contributed by atoms with Crippen LogP contribution in [0.4, 0.5) is 18.9 Å². The fourth-order valence-corrected chi connectivity index (χ4v) is 4.50. The number of carbonyl (C=O) groups is 2. The third kappa shape index (κ3) is 4.09. The van der Waals surface area contributed by atoms with Gasteiger partial charge in [0, 0.05) is 19.2 Å². The molecule has 1 aromatic carbocycles. The van der Waals surface area contributed by atoms with Crippen LogP contribution >= 0.6 is 0 Å². The number of hydrogen-bond acceptors (Lipinski definition) is 5. The molecule has 32 heavy (non-hydrogen) atoms. The van der Waals surface area contributed by atoms with Gasteiger partial charge in [0.2, 0.25) is 5.91 Å². The van der Waals surface area contributed by atoms with E-state index in [0.717, 1.165) is 36.0 Å². The summed E-state index contributed by atoms with van der Waals surface area (Å²) in [5.41, 5.74) is 0.805. The van der Waals surface area contributed by atoms with Gasteiger partial charge < -0.3 is 10.1 Å². The molecule has 9 heteroatoms. The second kappa shape index (κ2) is 8.20. The van der Waals surface area contributed by atoms with E-state index in [1.165, 1.54) is 0 Å². The minimum Gasteiger partial charge on any atom is -0.491 e. The van der Waals surface area contributed by atoms with Crippen molar-refractivity contribution in [3.05, 3.63) is 52.8 Å².